The van der Waals surface area contributed by atoms with Gasteiger partial charge in [-0.15, -0.1) is 0 Å². The molecule has 1 aliphatic rings. The predicted molar refractivity (Wildman–Crippen MR) is 76.6 cm³/mol. The van der Waals surface area contributed by atoms with Gasteiger partial charge in [0.25, 0.3) is 11.8 Å². The van der Waals surface area contributed by atoms with Gasteiger partial charge in [-0.05, 0) is 45.7 Å². The molecule has 108 valence electrons. The molecule has 1 aliphatic heterocycles. The summed E-state index contributed by atoms with van der Waals surface area (Å²) in [5.74, 6) is -0.346. The Kier molecular flexibility index (Phi) is 4.06. The van der Waals surface area contributed by atoms with Gasteiger partial charge in [-0.25, -0.2) is 4.98 Å². The molecule has 5 nitrogen and oxygen atoms in total. The number of aromatic nitrogens is 1. The number of pyridine rings is 1. The van der Waals surface area contributed by atoms with E-state index in [1.165, 1.54) is 0 Å². The molecule has 0 spiro atoms. The lowest BCUT2D eigenvalue weighted by atomic mass is 10.1. The van der Waals surface area contributed by atoms with E-state index < -0.39 is 0 Å². The van der Waals surface area contributed by atoms with E-state index in [2.05, 4.69) is 10.3 Å². The Morgan fingerprint density at radius 1 is 1.15 bits per heavy atom. The standard InChI is InChI=1S/C15H21N3O2/c1-15(2,3)17-13(19)11-7-6-8-12(16-11)14(20)18-9-4-5-10-18/h6-8H,4-5,9-10H2,1-3H3,(H,17,19). The zero-order chi connectivity index (χ0) is 14.8. The fourth-order valence-electron chi connectivity index (χ4n) is 2.17. The molecule has 1 aromatic rings. The summed E-state index contributed by atoms with van der Waals surface area (Å²) in [5.41, 5.74) is 0.298. The highest BCUT2D eigenvalue weighted by molar-refractivity contribution is 5.96. The third kappa shape index (κ3) is 3.56. The number of carbonyl (C=O) groups is 2. The first-order chi connectivity index (χ1) is 9.37. The van der Waals surface area contributed by atoms with Crippen molar-refractivity contribution in [1.82, 2.24) is 15.2 Å². The van der Waals surface area contributed by atoms with Crippen molar-refractivity contribution in [3.05, 3.63) is 29.6 Å². The average Bonchev–Trinajstić information content (AvgIpc) is 2.90. The van der Waals surface area contributed by atoms with Crippen molar-refractivity contribution in [3.63, 3.8) is 0 Å². The van der Waals surface area contributed by atoms with E-state index in [1.54, 1.807) is 23.1 Å². The molecule has 1 aromatic heterocycles. The zero-order valence-electron chi connectivity index (χ0n) is 12.3. The predicted octanol–water partition coefficient (Wildman–Crippen LogP) is 1.85. The minimum atomic E-state index is -0.326. The fourth-order valence-corrected chi connectivity index (χ4v) is 2.17. The van der Waals surface area contributed by atoms with Crippen LogP contribution in [0.3, 0.4) is 0 Å². The normalized spacial score (nSPS) is 15.2. The Labute approximate surface area is 119 Å². The van der Waals surface area contributed by atoms with E-state index >= 15 is 0 Å². The largest absolute Gasteiger partial charge is 0.346 e. The summed E-state index contributed by atoms with van der Waals surface area (Å²) in [7, 11) is 0. The molecular formula is C15H21N3O2. The second-order valence-electron chi connectivity index (χ2n) is 6.11. The molecule has 0 saturated carbocycles. The van der Waals surface area contributed by atoms with Crippen molar-refractivity contribution >= 4 is 11.8 Å². The first kappa shape index (κ1) is 14.5. The Morgan fingerprint density at radius 3 is 2.35 bits per heavy atom. The van der Waals surface area contributed by atoms with Gasteiger partial charge in [-0.2, -0.15) is 0 Å². The van der Waals surface area contributed by atoms with Gasteiger partial charge in [-0.3, -0.25) is 9.59 Å². The second kappa shape index (κ2) is 5.61. The van der Waals surface area contributed by atoms with Crippen LogP contribution in [0.4, 0.5) is 0 Å². The van der Waals surface area contributed by atoms with Crippen molar-refractivity contribution in [2.75, 3.05) is 13.1 Å². The zero-order valence-corrected chi connectivity index (χ0v) is 12.3. The van der Waals surface area contributed by atoms with Gasteiger partial charge in [0, 0.05) is 18.6 Å². The highest BCUT2D eigenvalue weighted by Crippen LogP contribution is 2.12. The lowest BCUT2D eigenvalue weighted by Gasteiger charge is -2.20. The van der Waals surface area contributed by atoms with Crippen LogP contribution in [-0.2, 0) is 0 Å². The summed E-state index contributed by atoms with van der Waals surface area (Å²) >= 11 is 0. The van der Waals surface area contributed by atoms with E-state index in [-0.39, 0.29) is 23.0 Å². The van der Waals surface area contributed by atoms with Crippen LogP contribution in [0, 0.1) is 0 Å². The number of amides is 2. The number of rotatable bonds is 2. The molecule has 0 unspecified atom stereocenters. The van der Waals surface area contributed by atoms with Crippen molar-refractivity contribution in [3.8, 4) is 0 Å². The van der Waals surface area contributed by atoms with Gasteiger partial charge in [-0.1, -0.05) is 6.07 Å². The molecule has 20 heavy (non-hydrogen) atoms. The van der Waals surface area contributed by atoms with Crippen LogP contribution in [-0.4, -0.2) is 40.3 Å². The van der Waals surface area contributed by atoms with Crippen LogP contribution < -0.4 is 5.32 Å². The number of nitrogens with one attached hydrogen (secondary N) is 1. The van der Waals surface area contributed by atoms with Crippen LogP contribution in [0.5, 0.6) is 0 Å². The quantitative estimate of drug-likeness (QED) is 0.896. The van der Waals surface area contributed by atoms with E-state index in [4.69, 9.17) is 0 Å². The maximum Gasteiger partial charge on any atom is 0.272 e. The van der Waals surface area contributed by atoms with Crippen LogP contribution >= 0.6 is 0 Å². The Morgan fingerprint density at radius 2 is 1.75 bits per heavy atom. The molecule has 1 fully saturated rings. The maximum absolute atomic E-state index is 12.2. The fraction of sp³-hybridized carbons (Fsp3) is 0.533. The third-order valence-electron chi connectivity index (χ3n) is 3.08. The molecular weight excluding hydrogens is 254 g/mol. The highest BCUT2D eigenvalue weighted by atomic mass is 16.2. The molecule has 0 bridgehead atoms. The molecule has 0 radical (unpaired) electrons. The van der Waals surface area contributed by atoms with Crippen molar-refractivity contribution in [2.45, 2.75) is 39.2 Å². The summed E-state index contributed by atoms with van der Waals surface area (Å²) in [6, 6.07) is 4.99. The van der Waals surface area contributed by atoms with Crippen LogP contribution in [0.15, 0.2) is 18.2 Å². The number of hydrogen-bond donors (Lipinski definition) is 1. The molecule has 5 heteroatoms. The Hall–Kier alpha value is -1.91. The highest BCUT2D eigenvalue weighted by Gasteiger charge is 2.22. The van der Waals surface area contributed by atoms with Gasteiger partial charge in [0.05, 0.1) is 0 Å². The Bertz CT molecular complexity index is 514. The van der Waals surface area contributed by atoms with Crippen molar-refractivity contribution in [1.29, 1.82) is 0 Å². The number of nitrogens with zero attached hydrogens (tertiary/aromatic N) is 2. The summed E-state index contributed by atoms with van der Waals surface area (Å²) in [4.78, 5) is 30.3. The lowest BCUT2D eigenvalue weighted by molar-refractivity contribution is 0.0787. The first-order valence-corrected chi connectivity index (χ1v) is 6.96. The van der Waals surface area contributed by atoms with E-state index in [1.807, 2.05) is 20.8 Å². The monoisotopic (exact) mass is 275 g/mol. The van der Waals surface area contributed by atoms with Crippen molar-refractivity contribution < 1.29 is 9.59 Å². The van der Waals surface area contributed by atoms with Gasteiger partial charge in [0.15, 0.2) is 0 Å². The summed E-state index contributed by atoms with van der Waals surface area (Å²) < 4.78 is 0. The number of likely N-dealkylation sites (tertiary alicyclic amines) is 1. The van der Waals surface area contributed by atoms with Crippen LogP contribution in [0.2, 0.25) is 0 Å². The average molecular weight is 275 g/mol. The molecule has 1 saturated heterocycles. The van der Waals surface area contributed by atoms with E-state index in [0.29, 0.717) is 5.69 Å². The SMILES string of the molecule is CC(C)(C)NC(=O)c1cccc(C(=O)N2CCCC2)n1. The molecule has 0 aromatic carbocycles. The Balaban J connectivity index is 2.15. The molecule has 2 rings (SSSR count). The topological polar surface area (TPSA) is 62.3 Å². The van der Waals surface area contributed by atoms with Gasteiger partial charge < -0.3 is 10.2 Å². The third-order valence-corrected chi connectivity index (χ3v) is 3.08. The number of hydrogen-bond acceptors (Lipinski definition) is 3. The summed E-state index contributed by atoms with van der Waals surface area (Å²) in [6.45, 7) is 7.27. The smallest absolute Gasteiger partial charge is 0.272 e. The minimum Gasteiger partial charge on any atom is -0.346 e. The van der Waals surface area contributed by atoms with Crippen molar-refractivity contribution in [2.24, 2.45) is 0 Å². The first-order valence-electron chi connectivity index (χ1n) is 6.96. The molecule has 0 atom stereocenters. The van der Waals surface area contributed by atoms with E-state index in [9.17, 15) is 9.59 Å². The summed E-state index contributed by atoms with van der Waals surface area (Å²) in [5, 5.41) is 2.84. The maximum atomic E-state index is 12.2. The lowest BCUT2D eigenvalue weighted by Crippen LogP contribution is -2.41. The minimum absolute atomic E-state index is 0.0899. The van der Waals surface area contributed by atoms with E-state index in [0.717, 1.165) is 25.9 Å². The molecule has 1 N–H and O–H groups in total. The van der Waals surface area contributed by atoms with Crippen LogP contribution in [0.1, 0.15) is 54.6 Å². The second-order valence-corrected chi connectivity index (χ2v) is 6.11. The molecule has 0 aliphatic carbocycles. The molecule has 2 amide bonds. The van der Waals surface area contributed by atoms with Gasteiger partial charge in [0.2, 0.25) is 0 Å². The molecule has 2 heterocycles. The van der Waals surface area contributed by atoms with Crippen LogP contribution in [0.25, 0.3) is 0 Å². The van der Waals surface area contributed by atoms with Gasteiger partial charge >= 0.3 is 0 Å². The summed E-state index contributed by atoms with van der Waals surface area (Å²) in [6.07, 6.45) is 2.08. The number of carbonyl (C=O) groups excluding carboxylic acids is 2. The van der Waals surface area contributed by atoms with Gasteiger partial charge in [0.1, 0.15) is 11.4 Å².